The number of hydrogen-bond acceptors (Lipinski definition) is 3. The number of halogens is 3. The number of nitrogens with two attached hydrogens (primary N) is 1. The number of alkyl halides is 3. The Bertz CT molecular complexity index is 152. The molecule has 86 valence electrons. The summed E-state index contributed by atoms with van der Waals surface area (Å²) in [5.74, 6) is 0. The minimum atomic E-state index is -4.18. The van der Waals surface area contributed by atoms with Crippen LogP contribution in [-0.2, 0) is 0 Å². The van der Waals surface area contributed by atoms with Gasteiger partial charge < -0.3 is 10.8 Å². The Morgan fingerprint density at radius 2 is 2.00 bits per heavy atom. The Balaban J connectivity index is 3.80. The highest BCUT2D eigenvalue weighted by atomic mass is 19.4. The molecule has 0 aromatic heterocycles. The van der Waals surface area contributed by atoms with Gasteiger partial charge >= 0.3 is 6.18 Å². The van der Waals surface area contributed by atoms with Crippen molar-refractivity contribution in [2.45, 2.75) is 25.6 Å². The van der Waals surface area contributed by atoms with Crippen molar-refractivity contribution in [3.05, 3.63) is 0 Å². The summed E-state index contributed by atoms with van der Waals surface area (Å²) < 4.78 is 35.9. The third-order valence-electron chi connectivity index (χ3n) is 1.90. The van der Waals surface area contributed by atoms with Crippen LogP contribution >= 0.6 is 0 Å². The lowest BCUT2D eigenvalue weighted by Crippen LogP contribution is -2.36. The first kappa shape index (κ1) is 13.7. The molecule has 0 fully saturated rings. The van der Waals surface area contributed by atoms with Gasteiger partial charge in [0.15, 0.2) is 0 Å². The molecule has 0 spiro atoms. The van der Waals surface area contributed by atoms with E-state index in [1.54, 1.807) is 6.92 Å². The maximum atomic E-state index is 12.0. The van der Waals surface area contributed by atoms with Gasteiger partial charge in [-0.3, -0.25) is 4.90 Å². The Labute approximate surface area is 81.7 Å². The molecule has 14 heavy (non-hydrogen) atoms. The van der Waals surface area contributed by atoms with Crippen LogP contribution in [0.5, 0.6) is 0 Å². The van der Waals surface area contributed by atoms with Gasteiger partial charge in [0.1, 0.15) is 0 Å². The Hall–Kier alpha value is -0.330. The predicted octanol–water partition coefficient (Wildman–Crippen LogP) is 0.580. The van der Waals surface area contributed by atoms with E-state index in [1.165, 1.54) is 4.90 Å². The first-order chi connectivity index (χ1) is 6.39. The maximum absolute atomic E-state index is 12.0. The lowest BCUT2D eigenvalue weighted by atomic mass is 10.2. The maximum Gasteiger partial charge on any atom is 0.401 e. The molecule has 0 heterocycles. The minimum Gasteiger partial charge on any atom is -0.392 e. The predicted molar refractivity (Wildman–Crippen MR) is 47.8 cm³/mol. The third kappa shape index (κ3) is 7.11. The number of rotatable bonds is 6. The second kappa shape index (κ2) is 6.21. The van der Waals surface area contributed by atoms with Crippen LogP contribution in [-0.4, -0.2) is 48.5 Å². The van der Waals surface area contributed by atoms with Gasteiger partial charge in [-0.1, -0.05) is 6.92 Å². The second-order valence-electron chi connectivity index (χ2n) is 3.16. The van der Waals surface area contributed by atoms with Gasteiger partial charge in [0.05, 0.1) is 12.6 Å². The van der Waals surface area contributed by atoms with Gasteiger partial charge in [-0.25, -0.2) is 0 Å². The van der Waals surface area contributed by atoms with Gasteiger partial charge in [0.2, 0.25) is 0 Å². The van der Waals surface area contributed by atoms with E-state index in [-0.39, 0.29) is 19.5 Å². The highest BCUT2D eigenvalue weighted by molar-refractivity contribution is 4.65. The van der Waals surface area contributed by atoms with Crippen LogP contribution in [0.25, 0.3) is 0 Å². The molecule has 0 aliphatic heterocycles. The Morgan fingerprint density at radius 3 is 2.36 bits per heavy atom. The van der Waals surface area contributed by atoms with Crippen LogP contribution in [0.15, 0.2) is 0 Å². The van der Waals surface area contributed by atoms with E-state index in [0.717, 1.165) is 0 Å². The standard InChI is InChI=1S/C8H17F3N2O/c1-2-13(6-8(9,10)11)4-3-7(14)5-12/h7,14H,2-6,12H2,1H3. The van der Waals surface area contributed by atoms with E-state index in [2.05, 4.69) is 0 Å². The fraction of sp³-hybridized carbons (Fsp3) is 1.00. The van der Waals surface area contributed by atoms with Crippen LogP contribution in [0.4, 0.5) is 13.2 Å². The van der Waals surface area contributed by atoms with Crippen LogP contribution in [0.2, 0.25) is 0 Å². The molecule has 3 nitrogen and oxygen atoms in total. The van der Waals surface area contributed by atoms with E-state index in [4.69, 9.17) is 10.8 Å². The fourth-order valence-corrected chi connectivity index (χ4v) is 1.05. The van der Waals surface area contributed by atoms with Gasteiger partial charge in [-0.05, 0) is 13.0 Å². The molecule has 0 aromatic carbocycles. The largest absolute Gasteiger partial charge is 0.401 e. The molecule has 0 saturated carbocycles. The number of hydrogen-bond donors (Lipinski definition) is 2. The summed E-state index contributed by atoms with van der Waals surface area (Å²) >= 11 is 0. The van der Waals surface area contributed by atoms with Crippen molar-refractivity contribution < 1.29 is 18.3 Å². The van der Waals surface area contributed by atoms with E-state index in [1.807, 2.05) is 0 Å². The molecule has 0 aromatic rings. The normalized spacial score (nSPS) is 14.8. The molecule has 1 atom stereocenters. The lowest BCUT2D eigenvalue weighted by Gasteiger charge is -2.22. The number of aliphatic hydroxyl groups is 1. The van der Waals surface area contributed by atoms with Crippen LogP contribution < -0.4 is 5.73 Å². The first-order valence-electron chi connectivity index (χ1n) is 4.56. The van der Waals surface area contributed by atoms with Gasteiger partial charge in [-0.15, -0.1) is 0 Å². The molecule has 6 heteroatoms. The van der Waals surface area contributed by atoms with Crippen molar-refractivity contribution in [2.75, 3.05) is 26.2 Å². The van der Waals surface area contributed by atoms with E-state index in [9.17, 15) is 13.2 Å². The molecule has 0 amide bonds. The Morgan fingerprint density at radius 1 is 1.43 bits per heavy atom. The molecule has 0 rings (SSSR count). The summed E-state index contributed by atoms with van der Waals surface area (Å²) in [6.45, 7) is 1.34. The molecule has 0 bridgehead atoms. The molecule has 3 N–H and O–H groups in total. The van der Waals surface area contributed by atoms with Gasteiger partial charge in [-0.2, -0.15) is 13.2 Å². The zero-order chi connectivity index (χ0) is 11.2. The summed E-state index contributed by atoms with van der Waals surface area (Å²) in [7, 11) is 0. The highest BCUT2D eigenvalue weighted by Gasteiger charge is 2.29. The van der Waals surface area contributed by atoms with E-state index < -0.39 is 18.8 Å². The zero-order valence-corrected chi connectivity index (χ0v) is 8.22. The Kier molecular flexibility index (Phi) is 6.06. The van der Waals surface area contributed by atoms with Crippen LogP contribution in [0.1, 0.15) is 13.3 Å². The van der Waals surface area contributed by atoms with Crippen molar-refractivity contribution in [3.63, 3.8) is 0 Å². The lowest BCUT2D eigenvalue weighted by molar-refractivity contribution is -0.146. The van der Waals surface area contributed by atoms with Crippen molar-refractivity contribution in [1.29, 1.82) is 0 Å². The van der Waals surface area contributed by atoms with Crippen molar-refractivity contribution in [1.82, 2.24) is 4.90 Å². The molecule has 0 aliphatic rings. The molecule has 0 radical (unpaired) electrons. The minimum absolute atomic E-state index is 0.0869. The number of nitrogens with zero attached hydrogens (tertiary/aromatic N) is 1. The molecular formula is C8H17F3N2O. The molecule has 0 saturated heterocycles. The van der Waals surface area contributed by atoms with E-state index in [0.29, 0.717) is 6.54 Å². The first-order valence-corrected chi connectivity index (χ1v) is 4.56. The average molecular weight is 214 g/mol. The number of aliphatic hydroxyl groups excluding tert-OH is 1. The fourth-order valence-electron chi connectivity index (χ4n) is 1.05. The highest BCUT2D eigenvalue weighted by Crippen LogP contribution is 2.16. The van der Waals surface area contributed by atoms with Crippen LogP contribution in [0, 0.1) is 0 Å². The topological polar surface area (TPSA) is 49.5 Å². The third-order valence-corrected chi connectivity index (χ3v) is 1.90. The van der Waals surface area contributed by atoms with E-state index >= 15 is 0 Å². The monoisotopic (exact) mass is 214 g/mol. The smallest absolute Gasteiger partial charge is 0.392 e. The molecule has 1 unspecified atom stereocenters. The average Bonchev–Trinajstić information content (AvgIpc) is 2.09. The second-order valence-corrected chi connectivity index (χ2v) is 3.16. The molecular weight excluding hydrogens is 197 g/mol. The van der Waals surface area contributed by atoms with Crippen molar-refractivity contribution >= 4 is 0 Å². The summed E-state index contributed by atoms with van der Waals surface area (Å²) in [6.07, 6.45) is -4.61. The zero-order valence-electron chi connectivity index (χ0n) is 8.22. The SMILES string of the molecule is CCN(CCC(O)CN)CC(F)(F)F. The van der Waals surface area contributed by atoms with Gasteiger partial charge in [0, 0.05) is 13.1 Å². The van der Waals surface area contributed by atoms with Crippen LogP contribution in [0.3, 0.4) is 0 Å². The summed E-state index contributed by atoms with van der Waals surface area (Å²) in [4.78, 5) is 1.24. The van der Waals surface area contributed by atoms with Gasteiger partial charge in [0.25, 0.3) is 0 Å². The summed E-state index contributed by atoms with van der Waals surface area (Å²) in [6, 6.07) is 0. The summed E-state index contributed by atoms with van der Waals surface area (Å²) in [5, 5.41) is 9.07. The quantitative estimate of drug-likeness (QED) is 0.680. The summed E-state index contributed by atoms with van der Waals surface area (Å²) in [5.41, 5.74) is 5.14. The van der Waals surface area contributed by atoms with Crippen molar-refractivity contribution in [3.8, 4) is 0 Å². The van der Waals surface area contributed by atoms with Crippen molar-refractivity contribution in [2.24, 2.45) is 5.73 Å². The molecule has 0 aliphatic carbocycles.